The van der Waals surface area contributed by atoms with Crippen molar-refractivity contribution in [2.24, 2.45) is 0 Å². The van der Waals surface area contributed by atoms with E-state index in [9.17, 15) is 18.0 Å². The predicted molar refractivity (Wildman–Crippen MR) is 93.3 cm³/mol. The molecule has 132 valence electrons. The third kappa shape index (κ3) is 5.29. The molecule has 0 fully saturated rings. The number of anilines is 1. The second-order valence-corrected chi connectivity index (χ2v) is 5.74. The Kier molecular flexibility index (Phi) is 6.52. The third-order valence-electron chi connectivity index (χ3n) is 3.27. The zero-order valence-corrected chi connectivity index (χ0v) is 14.3. The van der Waals surface area contributed by atoms with E-state index in [0.29, 0.717) is 12.7 Å². The van der Waals surface area contributed by atoms with E-state index in [4.69, 9.17) is 17.0 Å². The Balaban J connectivity index is 2.19. The Morgan fingerprint density at radius 1 is 1.16 bits per heavy atom. The largest absolute Gasteiger partial charge is 0.487 e. The summed E-state index contributed by atoms with van der Waals surface area (Å²) in [7, 11) is 0. The minimum atomic E-state index is -0.939. The molecule has 2 aromatic rings. The van der Waals surface area contributed by atoms with Crippen LogP contribution in [0, 0.1) is 17.5 Å². The van der Waals surface area contributed by atoms with Gasteiger partial charge in [0.25, 0.3) is 5.91 Å². The van der Waals surface area contributed by atoms with Gasteiger partial charge in [-0.05, 0) is 48.5 Å². The number of carbonyl (C=O) groups excluding carboxylic acids is 1. The van der Waals surface area contributed by atoms with Crippen LogP contribution in [0.5, 0.6) is 0 Å². The molecule has 1 N–H and O–H groups in total. The van der Waals surface area contributed by atoms with Crippen LogP contribution in [0.2, 0.25) is 0 Å². The summed E-state index contributed by atoms with van der Waals surface area (Å²) in [6, 6.07) is 6.77. The molecule has 0 bridgehead atoms. The van der Waals surface area contributed by atoms with Crippen molar-refractivity contribution in [1.29, 1.82) is 0 Å². The van der Waals surface area contributed by atoms with Crippen LogP contribution in [0.15, 0.2) is 36.4 Å². The van der Waals surface area contributed by atoms with Crippen molar-refractivity contribution in [2.75, 3.05) is 11.9 Å². The quantitative estimate of drug-likeness (QED) is 0.755. The SMILES string of the molecule is CCCOC(=S)Cc1cc(NC(=O)c2cccc(F)c2)c(F)cc1F. The number of carbonyl (C=O) groups is 1. The molecule has 2 rings (SSSR count). The molecule has 2 aromatic carbocycles. The number of rotatable bonds is 6. The van der Waals surface area contributed by atoms with E-state index >= 15 is 0 Å². The molecule has 1 amide bonds. The summed E-state index contributed by atoms with van der Waals surface area (Å²) in [5, 5.41) is 2.48. The van der Waals surface area contributed by atoms with Gasteiger partial charge in [0.15, 0.2) is 5.05 Å². The van der Waals surface area contributed by atoms with Crippen molar-refractivity contribution in [3.05, 3.63) is 65.0 Å². The van der Waals surface area contributed by atoms with Crippen molar-refractivity contribution in [3.63, 3.8) is 0 Å². The van der Waals surface area contributed by atoms with Crippen molar-refractivity contribution < 1.29 is 22.7 Å². The number of amides is 1. The topological polar surface area (TPSA) is 38.3 Å². The Morgan fingerprint density at radius 3 is 2.60 bits per heavy atom. The van der Waals surface area contributed by atoms with E-state index < -0.39 is 23.4 Å². The van der Waals surface area contributed by atoms with Gasteiger partial charge in [-0.1, -0.05) is 13.0 Å². The maximum Gasteiger partial charge on any atom is 0.255 e. The molecule has 0 aliphatic rings. The van der Waals surface area contributed by atoms with E-state index in [2.05, 4.69) is 5.32 Å². The monoisotopic (exact) mass is 367 g/mol. The fourth-order valence-electron chi connectivity index (χ4n) is 2.07. The molecule has 25 heavy (non-hydrogen) atoms. The first kappa shape index (κ1) is 18.9. The van der Waals surface area contributed by atoms with Gasteiger partial charge in [-0.2, -0.15) is 0 Å². The summed E-state index contributed by atoms with van der Waals surface area (Å²) >= 11 is 5.00. The van der Waals surface area contributed by atoms with Crippen LogP contribution >= 0.6 is 12.2 Å². The molecule has 0 aliphatic carbocycles. The van der Waals surface area contributed by atoms with Crippen molar-refractivity contribution in [1.82, 2.24) is 0 Å². The Morgan fingerprint density at radius 2 is 1.92 bits per heavy atom. The smallest absolute Gasteiger partial charge is 0.255 e. The maximum atomic E-state index is 13.9. The molecule has 0 unspecified atom stereocenters. The molecule has 3 nitrogen and oxygen atoms in total. The summed E-state index contributed by atoms with van der Waals surface area (Å²) in [5.41, 5.74) is -0.104. The number of hydrogen-bond acceptors (Lipinski definition) is 3. The van der Waals surface area contributed by atoms with Crippen molar-refractivity contribution in [3.8, 4) is 0 Å². The highest BCUT2D eigenvalue weighted by atomic mass is 32.1. The molecule has 0 atom stereocenters. The average Bonchev–Trinajstić information content (AvgIpc) is 2.57. The maximum absolute atomic E-state index is 13.9. The minimum Gasteiger partial charge on any atom is -0.487 e. The van der Waals surface area contributed by atoms with Crippen LogP contribution in [0.1, 0.15) is 29.3 Å². The van der Waals surface area contributed by atoms with Crippen LogP contribution < -0.4 is 5.32 Å². The van der Waals surface area contributed by atoms with Crippen LogP contribution in [-0.4, -0.2) is 17.6 Å². The highest BCUT2D eigenvalue weighted by Gasteiger charge is 2.15. The number of hydrogen-bond donors (Lipinski definition) is 1. The molecule has 0 spiro atoms. The molecular weight excluding hydrogens is 351 g/mol. The molecule has 0 aliphatic heterocycles. The molecule has 7 heteroatoms. The van der Waals surface area contributed by atoms with Gasteiger partial charge in [-0.25, -0.2) is 13.2 Å². The summed E-state index contributed by atoms with van der Waals surface area (Å²) in [6.07, 6.45) is 0.727. The van der Waals surface area contributed by atoms with E-state index in [1.54, 1.807) is 0 Å². The molecule has 0 radical (unpaired) electrons. The lowest BCUT2D eigenvalue weighted by molar-refractivity contribution is 0.102. The molecular formula is C18H16F3NO2S. The number of nitrogens with one attached hydrogen (secondary N) is 1. The van der Waals surface area contributed by atoms with Crippen LogP contribution in [-0.2, 0) is 11.2 Å². The molecule has 0 heterocycles. The number of halogens is 3. The molecule has 0 saturated heterocycles. The minimum absolute atomic E-state index is 0.0204. The molecule has 0 saturated carbocycles. The summed E-state index contributed by atoms with van der Waals surface area (Å²) in [5.74, 6) is -3.03. The zero-order valence-electron chi connectivity index (χ0n) is 13.4. The predicted octanol–water partition coefficient (Wildman–Crippen LogP) is 4.65. The second kappa shape index (κ2) is 8.62. The Hall–Kier alpha value is -2.41. The fraction of sp³-hybridized carbons (Fsp3) is 0.222. The number of ether oxygens (including phenoxy) is 1. The summed E-state index contributed by atoms with van der Waals surface area (Å²) in [4.78, 5) is 12.1. The van der Waals surface area contributed by atoms with E-state index in [1.807, 2.05) is 6.92 Å². The lowest BCUT2D eigenvalue weighted by Crippen LogP contribution is -2.14. The van der Waals surface area contributed by atoms with Gasteiger partial charge in [0.1, 0.15) is 17.5 Å². The first-order valence-corrected chi connectivity index (χ1v) is 8.02. The second-order valence-electron chi connectivity index (χ2n) is 5.29. The van der Waals surface area contributed by atoms with Gasteiger partial charge in [0.2, 0.25) is 0 Å². The van der Waals surface area contributed by atoms with Crippen LogP contribution in [0.25, 0.3) is 0 Å². The van der Waals surface area contributed by atoms with Gasteiger partial charge in [0.05, 0.1) is 12.3 Å². The van der Waals surface area contributed by atoms with E-state index in [0.717, 1.165) is 18.6 Å². The Bertz CT molecular complexity index is 796. The fourth-order valence-corrected chi connectivity index (χ4v) is 2.31. The Labute approximate surface area is 148 Å². The van der Waals surface area contributed by atoms with Gasteiger partial charge in [-0.15, -0.1) is 0 Å². The highest BCUT2D eigenvalue weighted by molar-refractivity contribution is 7.80. The number of benzene rings is 2. The zero-order chi connectivity index (χ0) is 18.4. The van der Waals surface area contributed by atoms with Crippen molar-refractivity contribution >= 4 is 28.9 Å². The molecule has 0 aromatic heterocycles. The van der Waals surface area contributed by atoms with E-state index in [1.165, 1.54) is 18.2 Å². The van der Waals surface area contributed by atoms with Crippen molar-refractivity contribution in [2.45, 2.75) is 19.8 Å². The average molecular weight is 367 g/mol. The van der Waals surface area contributed by atoms with Gasteiger partial charge < -0.3 is 10.1 Å². The van der Waals surface area contributed by atoms with Gasteiger partial charge in [0, 0.05) is 18.1 Å². The van der Waals surface area contributed by atoms with E-state index in [-0.39, 0.29) is 28.3 Å². The highest BCUT2D eigenvalue weighted by Crippen LogP contribution is 2.21. The van der Waals surface area contributed by atoms with Crippen LogP contribution in [0.4, 0.5) is 18.9 Å². The standard InChI is InChI=1S/C18H16F3NO2S/c1-2-6-24-17(25)9-12-8-16(15(21)10-14(12)20)22-18(23)11-4-3-5-13(19)7-11/h3-5,7-8,10H,2,6,9H2,1H3,(H,22,23). The van der Waals surface area contributed by atoms with Gasteiger partial charge >= 0.3 is 0 Å². The van der Waals surface area contributed by atoms with Crippen LogP contribution in [0.3, 0.4) is 0 Å². The lowest BCUT2D eigenvalue weighted by atomic mass is 10.1. The lowest BCUT2D eigenvalue weighted by Gasteiger charge is -2.11. The summed E-state index contributed by atoms with van der Waals surface area (Å²) < 4.78 is 46.2. The normalized spacial score (nSPS) is 10.4. The first-order valence-electron chi connectivity index (χ1n) is 7.61. The third-order valence-corrected chi connectivity index (χ3v) is 3.54. The first-order chi connectivity index (χ1) is 11.9. The van der Waals surface area contributed by atoms with Gasteiger partial charge in [-0.3, -0.25) is 4.79 Å². The summed E-state index contributed by atoms with van der Waals surface area (Å²) in [6.45, 7) is 2.31. The number of thiocarbonyl (C=S) groups is 1.